The molecule has 0 saturated carbocycles. The first-order valence-electron chi connectivity index (χ1n) is 8.98. The van der Waals surface area contributed by atoms with Gasteiger partial charge in [-0.1, -0.05) is 23.7 Å². The number of carbonyl (C=O) groups excluding carboxylic acids is 2. The molecule has 2 amide bonds. The molecule has 1 fully saturated rings. The van der Waals surface area contributed by atoms with Gasteiger partial charge in [-0.25, -0.2) is 9.29 Å². The highest BCUT2D eigenvalue weighted by Crippen LogP contribution is 2.37. The molecule has 28 heavy (non-hydrogen) atoms. The number of halogens is 2. The smallest absolute Gasteiger partial charge is 0.282 e. The Balaban J connectivity index is 1.81. The van der Waals surface area contributed by atoms with E-state index in [0.717, 1.165) is 23.8 Å². The lowest BCUT2D eigenvalue weighted by atomic mass is 10.0. The number of methoxy groups -OCH3 is 1. The van der Waals surface area contributed by atoms with Crippen molar-refractivity contribution in [1.82, 2.24) is 4.90 Å². The van der Waals surface area contributed by atoms with E-state index in [2.05, 4.69) is 0 Å². The van der Waals surface area contributed by atoms with Crippen LogP contribution in [0.1, 0.15) is 18.4 Å². The van der Waals surface area contributed by atoms with Crippen molar-refractivity contribution in [2.45, 2.75) is 12.8 Å². The van der Waals surface area contributed by atoms with Crippen LogP contribution in [-0.4, -0.2) is 36.9 Å². The predicted octanol–water partition coefficient (Wildman–Crippen LogP) is 3.87. The van der Waals surface area contributed by atoms with Crippen LogP contribution >= 0.6 is 11.6 Å². The quantitative estimate of drug-likeness (QED) is 0.731. The molecule has 0 atom stereocenters. The van der Waals surface area contributed by atoms with E-state index in [-0.39, 0.29) is 10.7 Å². The van der Waals surface area contributed by atoms with E-state index in [1.807, 2.05) is 4.90 Å². The standard InChI is InChI=1S/C21H18ClFN2O3/c1-28-15-7-4-13(5-8-15)18-19(24-10-2-3-11-24)21(27)25(20(18)26)14-6-9-17(23)16(22)12-14/h4-9,12H,2-3,10-11H2,1H3. The second-order valence-corrected chi connectivity index (χ2v) is 7.10. The average Bonchev–Trinajstić information content (AvgIpc) is 3.30. The maximum Gasteiger partial charge on any atom is 0.282 e. The minimum absolute atomic E-state index is 0.140. The second-order valence-electron chi connectivity index (χ2n) is 6.69. The molecule has 2 aliphatic heterocycles. The Kier molecular flexibility index (Phi) is 4.81. The zero-order valence-electron chi connectivity index (χ0n) is 15.2. The number of hydrogen-bond acceptors (Lipinski definition) is 4. The van der Waals surface area contributed by atoms with Gasteiger partial charge in [-0.2, -0.15) is 0 Å². The Labute approximate surface area is 166 Å². The number of nitrogens with zero attached hydrogens (tertiary/aromatic N) is 2. The van der Waals surface area contributed by atoms with Crippen molar-refractivity contribution in [3.8, 4) is 5.75 Å². The van der Waals surface area contributed by atoms with Crippen LogP contribution in [0, 0.1) is 5.82 Å². The summed E-state index contributed by atoms with van der Waals surface area (Å²) in [5.74, 6) is -0.807. The SMILES string of the molecule is COc1ccc(C2=C(N3CCCC3)C(=O)N(c3ccc(F)c(Cl)c3)C2=O)cc1. The van der Waals surface area contributed by atoms with Gasteiger partial charge in [0.15, 0.2) is 0 Å². The summed E-state index contributed by atoms with van der Waals surface area (Å²) in [5.41, 5.74) is 1.61. The van der Waals surface area contributed by atoms with Gasteiger partial charge in [0.2, 0.25) is 0 Å². The number of carbonyl (C=O) groups is 2. The minimum Gasteiger partial charge on any atom is -0.497 e. The third-order valence-corrected chi connectivity index (χ3v) is 5.31. The van der Waals surface area contributed by atoms with Gasteiger partial charge in [-0.05, 0) is 48.7 Å². The second kappa shape index (κ2) is 7.28. The number of likely N-dealkylation sites (tertiary alicyclic amines) is 1. The molecule has 2 aromatic carbocycles. The van der Waals surface area contributed by atoms with Gasteiger partial charge in [0.1, 0.15) is 17.3 Å². The van der Waals surface area contributed by atoms with Crippen molar-refractivity contribution in [2.75, 3.05) is 25.1 Å². The summed E-state index contributed by atoms with van der Waals surface area (Å²) < 4.78 is 18.7. The minimum atomic E-state index is -0.604. The van der Waals surface area contributed by atoms with Crippen molar-refractivity contribution in [3.63, 3.8) is 0 Å². The van der Waals surface area contributed by atoms with Crippen LogP contribution in [0.5, 0.6) is 5.75 Å². The Morgan fingerprint density at radius 2 is 1.68 bits per heavy atom. The van der Waals surface area contributed by atoms with Crippen LogP contribution in [-0.2, 0) is 9.59 Å². The Morgan fingerprint density at radius 1 is 1.00 bits per heavy atom. The Bertz CT molecular complexity index is 982. The highest BCUT2D eigenvalue weighted by molar-refractivity contribution is 6.45. The van der Waals surface area contributed by atoms with E-state index in [9.17, 15) is 14.0 Å². The molecule has 7 heteroatoms. The molecule has 0 spiro atoms. The molecule has 2 aromatic rings. The van der Waals surface area contributed by atoms with Crippen molar-refractivity contribution in [1.29, 1.82) is 0 Å². The lowest BCUT2D eigenvalue weighted by Gasteiger charge is -2.20. The summed E-state index contributed by atoms with van der Waals surface area (Å²) >= 11 is 5.88. The maximum absolute atomic E-state index is 13.6. The van der Waals surface area contributed by atoms with E-state index in [4.69, 9.17) is 16.3 Å². The first-order chi connectivity index (χ1) is 13.5. The summed E-state index contributed by atoms with van der Waals surface area (Å²) in [4.78, 5) is 29.6. The Hall–Kier alpha value is -2.86. The van der Waals surface area contributed by atoms with E-state index in [1.54, 1.807) is 31.4 Å². The van der Waals surface area contributed by atoms with E-state index in [0.29, 0.717) is 35.7 Å². The van der Waals surface area contributed by atoms with Crippen LogP contribution in [0.15, 0.2) is 48.2 Å². The number of rotatable bonds is 4. The number of ether oxygens (including phenoxy) is 1. The fraction of sp³-hybridized carbons (Fsp3) is 0.238. The van der Waals surface area contributed by atoms with Crippen LogP contribution in [0.3, 0.4) is 0 Å². The number of amides is 2. The summed E-state index contributed by atoms with van der Waals surface area (Å²) in [5, 5.41) is -0.140. The molecular weight excluding hydrogens is 383 g/mol. The zero-order valence-corrected chi connectivity index (χ0v) is 16.0. The van der Waals surface area contributed by atoms with E-state index < -0.39 is 17.6 Å². The number of benzene rings is 2. The molecule has 5 nitrogen and oxygen atoms in total. The van der Waals surface area contributed by atoms with E-state index in [1.165, 1.54) is 12.1 Å². The largest absolute Gasteiger partial charge is 0.497 e. The van der Waals surface area contributed by atoms with Gasteiger partial charge in [0.05, 0.1) is 23.4 Å². The highest BCUT2D eigenvalue weighted by atomic mass is 35.5. The third-order valence-electron chi connectivity index (χ3n) is 5.02. The molecule has 0 radical (unpaired) electrons. The molecule has 0 bridgehead atoms. The first-order valence-corrected chi connectivity index (χ1v) is 9.36. The zero-order chi connectivity index (χ0) is 19.8. The van der Waals surface area contributed by atoms with Crippen LogP contribution in [0.4, 0.5) is 10.1 Å². The molecule has 0 N–H and O–H groups in total. The van der Waals surface area contributed by atoms with Gasteiger partial charge >= 0.3 is 0 Å². The van der Waals surface area contributed by atoms with Crippen molar-refractivity contribution in [2.24, 2.45) is 0 Å². The summed E-state index contributed by atoms with van der Waals surface area (Å²) in [6.45, 7) is 1.43. The molecule has 2 aliphatic rings. The average molecular weight is 401 g/mol. The van der Waals surface area contributed by atoms with E-state index >= 15 is 0 Å². The predicted molar refractivity (Wildman–Crippen MR) is 105 cm³/mol. The molecule has 4 rings (SSSR count). The van der Waals surface area contributed by atoms with Crippen LogP contribution in [0.25, 0.3) is 5.57 Å². The summed E-state index contributed by atoms with van der Waals surface area (Å²) in [6.07, 6.45) is 1.92. The van der Waals surface area contributed by atoms with Gasteiger partial charge in [0.25, 0.3) is 11.8 Å². The van der Waals surface area contributed by atoms with Crippen LogP contribution in [0.2, 0.25) is 5.02 Å². The lowest BCUT2D eigenvalue weighted by molar-refractivity contribution is -0.120. The monoisotopic (exact) mass is 400 g/mol. The molecular formula is C21H18ClFN2O3. The van der Waals surface area contributed by atoms with Gasteiger partial charge in [-0.3, -0.25) is 9.59 Å². The molecule has 0 aliphatic carbocycles. The number of anilines is 1. The van der Waals surface area contributed by atoms with Gasteiger partial charge < -0.3 is 9.64 Å². The first kappa shape index (κ1) is 18.5. The molecule has 2 heterocycles. The van der Waals surface area contributed by atoms with Crippen molar-refractivity contribution >= 4 is 34.7 Å². The number of hydrogen-bond donors (Lipinski definition) is 0. The van der Waals surface area contributed by atoms with Gasteiger partial charge in [0, 0.05) is 13.1 Å². The third kappa shape index (κ3) is 3.03. The molecule has 0 aromatic heterocycles. The highest BCUT2D eigenvalue weighted by Gasteiger charge is 2.43. The Morgan fingerprint density at radius 3 is 2.29 bits per heavy atom. The van der Waals surface area contributed by atoms with Gasteiger partial charge in [-0.15, -0.1) is 0 Å². The van der Waals surface area contributed by atoms with Crippen molar-refractivity contribution in [3.05, 3.63) is 64.6 Å². The summed E-state index contributed by atoms with van der Waals surface area (Å²) in [7, 11) is 1.56. The number of imide groups is 1. The summed E-state index contributed by atoms with van der Waals surface area (Å²) in [6, 6.07) is 10.9. The molecule has 144 valence electrons. The lowest BCUT2D eigenvalue weighted by Crippen LogP contribution is -2.34. The fourth-order valence-electron chi connectivity index (χ4n) is 3.63. The maximum atomic E-state index is 13.6. The van der Waals surface area contributed by atoms with Crippen molar-refractivity contribution < 1.29 is 18.7 Å². The molecule has 1 saturated heterocycles. The molecule has 0 unspecified atom stereocenters. The normalized spacial score (nSPS) is 17.1. The van der Waals surface area contributed by atoms with Crippen LogP contribution < -0.4 is 9.64 Å². The fourth-order valence-corrected chi connectivity index (χ4v) is 3.80. The topological polar surface area (TPSA) is 49.9 Å².